The second kappa shape index (κ2) is 8.03. The zero-order valence-electron chi connectivity index (χ0n) is 14.6. The summed E-state index contributed by atoms with van der Waals surface area (Å²) in [4.78, 5) is 14.3. The molecule has 2 aromatic rings. The molecular weight excluding hydrogens is 356 g/mol. The van der Waals surface area contributed by atoms with E-state index in [1.165, 1.54) is 10.6 Å². The van der Waals surface area contributed by atoms with Gasteiger partial charge < -0.3 is 9.15 Å². The van der Waals surface area contributed by atoms with Crippen molar-refractivity contribution in [1.82, 2.24) is 9.21 Å². The minimum atomic E-state index is -3.47. The first-order valence-electron chi connectivity index (χ1n) is 8.53. The second-order valence-electron chi connectivity index (χ2n) is 5.97. The molecule has 1 aromatic heterocycles. The van der Waals surface area contributed by atoms with Crippen LogP contribution in [0.15, 0.2) is 52.0 Å². The summed E-state index contributed by atoms with van der Waals surface area (Å²) >= 11 is 0. The Morgan fingerprint density at radius 1 is 1.12 bits per heavy atom. The predicted octanol–water partition coefficient (Wildman–Crippen LogP) is 1.96. The number of rotatable bonds is 6. The van der Waals surface area contributed by atoms with Crippen LogP contribution in [-0.4, -0.2) is 56.4 Å². The van der Waals surface area contributed by atoms with Crippen LogP contribution in [0.5, 0.6) is 0 Å². The Morgan fingerprint density at radius 2 is 1.81 bits per heavy atom. The summed E-state index contributed by atoms with van der Waals surface area (Å²) < 4.78 is 37.2. The van der Waals surface area contributed by atoms with Crippen molar-refractivity contribution in [3.63, 3.8) is 0 Å². The van der Waals surface area contributed by atoms with Gasteiger partial charge >= 0.3 is 5.97 Å². The quantitative estimate of drug-likeness (QED) is 0.715. The van der Waals surface area contributed by atoms with E-state index in [1.807, 2.05) is 0 Å². The first kappa shape index (κ1) is 18.6. The normalized spacial score (nSPS) is 16.5. The molecular formula is C18H22N2O5S. The Balaban J connectivity index is 1.62. The largest absolute Gasteiger partial charge is 0.467 e. The minimum Gasteiger partial charge on any atom is -0.467 e. The van der Waals surface area contributed by atoms with E-state index in [-0.39, 0.29) is 0 Å². The Morgan fingerprint density at radius 3 is 2.46 bits per heavy atom. The lowest BCUT2D eigenvalue weighted by molar-refractivity contribution is 0.0521. The molecule has 8 heteroatoms. The lowest BCUT2D eigenvalue weighted by atomic mass is 10.2. The van der Waals surface area contributed by atoms with Gasteiger partial charge in [0.15, 0.2) is 0 Å². The van der Waals surface area contributed by atoms with Gasteiger partial charge in [0.1, 0.15) is 11.3 Å². The smallest absolute Gasteiger partial charge is 0.341 e. The molecule has 2 heterocycles. The van der Waals surface area contributed by atoms with Gasteiger partial charge in [0.2, 0.25) is 10.0 Å². The van der Waals surface area contributed by atoms with Gasteiger partial charge in [-0.3, -0.25) is 4.90 Å². The van der Waals surface area contributed by atoms with E-state index in [2.05, 4.69) is 4.90 Å². The van der Waals surface area contributed by atoms with Gasteiger partial charge in [-0.15, -0.1) is 0 Å². The molecule has 0 spiro atoms. The van der Waals surface area contributed by atoms with Crippen LogP contribution in [0.4, 0.5) is 0 Å². The van der Waals surface area contributed by atoms with Crippen molar-refractivity contribution < 1.29 is 22.4 Å². The van der Waals surface area contributed by atoms with Crippen molar-refractivity contribution in [2.75, 3.05) is 32.8 Å². The molecule has 140 valence electrons. The molecule has 3 rings (SSSR count). The maximum Gasteiger partial charge on any atom is 0.341 e. The zero-order valence-corrected chi connectivity index (χ0v) is 15.4. The summed E-state index contributed by atoms with van der Waals surface area (Å²) in [5.41, 5.74) is 0.422. The maximum absolute atomic E-state index is 12.7. The van der Waals surface area contributed by atoms with E-state index >= 15 is 0 Å². The van der Waals surface area contributed by atoms with Crippen molar-refractivity contribution in [2.45, 2.75) is 18.4 Å². The average molecular weight is 378 g/mol. The molecule has 1 aromatic carbocycles. The van der Waals surface area contributed by atoms with Crippen molar-refractivity contribution in [3.05, 3.63) is 54.0 Å². The summed E-state index contributed by atoms with van der Waals surface area (Å²) in [6, 6.07) is 10.0. The maximum atomic E-state index is 12.7. The number of benzene rings is 1. The van der Waals surface area contributed by atoms with E-state index in [4.69, 9.17) is 9.15 Å². The van der Waals surface area contributed by atoms with Gasteiger partial charge in [-0.2, -0.15) is 4.31 Å². The van der Waals surface area contributed by atoms with Crippen LogP contribution in [0, 0.1) is 0 Å². The summed E-state index contributed by atoms with van der Waals surface area (Å²) in [7, 11) is -3.47. The Kier molecular flexibility index (Phi) is 5.75. The Hall–Kier alpha value is -2.16. The number of hydrogen-bond acceptors (Lipinski definition) is 6. The number of hydrogen-bond donors (Lipinski definition) is 0. The number of furan rings is 1. The molecule has 0 aliphatic carbocycles. The fourth-order valence-corrected chi connectivity index (χ4v) is 4.37. The fourth-order valence-electron chi connectivity index (χ4n) is 2.93. The number of carbonyl (C=O) groups is 1. The van der Waals surface area contributed by atoms with Crippen molar-refractivity contribution >= 4 is 16.0 Å². The zero-order chi connectivity index (χ0) is 18.6. The van der Waals surface area contributed by atoms with Crippen molar-refractivity contribution in [3.8, 4) is 0 Å². The first-order valence-corrected chi connectivity index (χ1v) is 9.97. The third-order valence-electron chi connectivity index (χ3n) is 4.32. The molecule has 1 fully saturated rings. The van der Waals surface area contributed by atoms with Crippen LogP contribution in [0.25, 0.3) is 0 Å². The molecule has 0 N–H and O–H groups in total. The van der Waals surface area contributed by atoms with E-state index in [1.54, 1.807) is 43.3 Å². The van der Waals surface area contributed by atoms with Crippen LogP contribution in [0.2, 0.25) is 0 Å². The number of piperazine rings is 1. The molecule has 26 heavy (non-hydrogen) atoms. The molecule has 0 bridgehead atoms. The van der Waals surface area contributed by atoms with Gasteiger partial charge in [0, 0.05) is 26.2 Å². The second-order valence-corrected chi connectivity index (χ2v) is 7.91. The molecule has 7 nitrogen and oxygen atoms in total. The summed E-state index contributed by atoms with van der Waals surface area (Å²) in [6.45, 7) is 4.42. The molecule has 1 saturated heterocycles. The highest BCUT2D eigenvalue weighted by atomic mass is 32.2. The Bertz CT molecular complexity index is 839. The molecule has 1 aliphatic rings. The van der Waals surface area contributed by atoms with Gasteiger partial charge in [0.05, 0.1) is 24.3 Å². The SMILES string of the molecule is CCOC(=O)c1ccoc1CN1CCN(S(=O)(=O)c2ccccc2)CC1. The first-order chi connectivity index (χ1) is 12.5. The van der Waals surface area contributed by atoms with Crippen LogP contribution in [0.1, 0.15) is 23.0 Å². The third kappa shape index (κ3) is 3.98. The van der Waals surface area contributed by atoms with Crippen LogP contribution in [0.3, 0.4) is 0 Å². The molecule has 0 saturated carbocycles. The lowest BCUT2D eigenvalue weighted by Gasteiger charge is -2.33. The number of carbonyl (C=O) groups excluding carboxylic acids is 1. The molecule has 0 amide bonds. The van der Waals surface area contributed by atoms with Crippen LogP contribution < -0.4 is 0 Å². The van der Waals surface area contributed by atoms with E-state index in [9.17, 15) is 13.2 Å². The Labute approximate surface area is 153 Å². The highest BCUT2D eigenvalue weighted by Crippen LogP contribution is 2.20. The fraction of sp³-hybridized carbons (Fsp3) is 0.389. The van der Waals surface area contributed by atoms with E-state index in [0.717, 1.165) is 0 Å². The van der Waals surface area contributed by atoms with Crippen LogP contribution in [-0.2, 0) is 21.3 Å². The summed E-state index contributed by atoms with van der Waals surface area (Å²) in [5, 5.41) is 0. The highest BCUT2D eigenvalue weighted by molar-refractivity contribution is 7.89. The topological polar surface area (TPSA) is 80.1 Å². The third-order valence-corrected chi connectivity index (χ3v) is 6.23. The molecule has 1 aliphatic heterocycles. The van der Waals surface area contributed by atoms with Gasteiger partial charge in [-0.1, -0.05) is 18.2 Å². The number of nitrogens with zero attached hydrogens (tertiary/aromatic N) is 2. The average Bonchev–Trinajstić information content (AvgIpc) is 3.11. The number of sulfonamides is 1. The molecule has 0 radical (unpaired) electrons. The minimum absolute atomic E-state index is 0.305. The summed E-state index contributed by atoms with van der Waals surface area (Å²) in [6.07, 6.45) is 1.47. The van der Waals surface area contributed by atoms with Crippen molar-refractivity contribution in [2.24, 2.45) is 0 Å². The van der Waals surface area contributed by atoms with Gasteiger partial charge in [-0.05, 0) is 25.1 Å². The predicted molar refractivity (Wildman–Crippen MR) is 95.1 cm³/mol. The van der Waals surface area contributed by atoms with Crippen LogP contribution >= 0.6 is 0 Å². The summed E-state index contributed by atoms with van der Waals surface area (Å²) in [5.74, 6) is 0.143. The standard InChI is InChI=1S/C18H22N2O5S/c1-2-24-18(21)16-8-13-25-17(16)14-19-9-11-20(12-10-19)26(22,23)15-6-4-3-5-7-15/h3-8,13H,2,9-12,14H2,1H3. The van der Waals surface area contributed by atoms with E-state index in [0.29, 0.717) is 55.5 Å². The number of ether oxygens (including phenoxy) is 1. The number of esters is 1. The van der Waals surface area contributed by atoms with Crippen molar-refractivity contribution in [1.29, 1.82) is 0 Å². The lowest BCUT2D eigenvalue weighted by Crippen LogP contribution is -2.48. The van der Waals surface area contributed by atoms with Gasteiger partial charge in [-0.25, -0.2) is 13.2 Å². The molecule has 0 unspecified atom stereocenters. The molecule has 0 atom stereocenters. The van der Waals surface area contributed by atoms with E-state index < -0.39 is 16.0 Å². The highest BCUT2D eigenvalue weighted by Gasteiger charge is 2.29. The monoisotopic (exact) mass is 378 g/mol. The van der Waals surface area contributed by atoms with Gasteiger partial charge in [0.25, 0.3) is 0 Å².